The Morgan fingerprint density at radius 1 is 1.43 bits per heavy atom. The van der Waals surface area contributed by atoms with Crippen molar-refractivity contribution in [1.29, 1.82) is 0 Å². The van der Waals surface area contributed by atoms with E-state index < -0.39 is 0 Å². The molecule has 1 heterocycles. The van der Waals surface area contributed by atoms with Gasteiger partial charge in [-0.15, -0.1) is 24.0 Å². The van der Waals surface area contributed by atoms with Crippen molar-refractivity contribution < 1.29 is 9.18 Å². The summed E-state index contributed by atoms with van der Waals surface area (Å²) in [5.41, 5.74) is 0.713. The van der Waals surface area contributed by atoms with Crippen LogP contribution < -0.4 is 10.6 Å². The van der Waals surface area contributed by atoms with E-state index in [1.54, 1.807) is 0 Å². The van der Waals surface area contributed by atoms with Gasteiger partial charge in [0.1, 0.15) is 5.82 Å². The highest BCUT2D eigenvalue weighted by Crippen LogP contribution is 2.16. The number of rotatable bonds is 7. The molecule has 0 aromatic heterocycles. The molecule has 0 radical (unpaired) electrons. The third kappa shape index (κ3) is 7.85. The van der Waals surface area contributed by atoms with Gasteiger partial charge in [0.25, 0.3) is 0 Å². The number of carbonyl (C=O) groups is 1. The zero-order chi connectivity index (χ0) is 19.8. The molecule has 1 unspecified atom stereocenters. The molecule has 2 rings (SSSR count). The molecule has 28 heavy (non-hydrogen) atoms. The average molecular weight is 569 g/mol. The summed E-state index contributed by atoms with van der Waals surface area (Å²) in [6, 6.07) is 5.38. The second-order valence-electron chi connectivity index (χ2n) is 7.17. The molecule has 1 aromatic rings. The Labute approximate surface area is 193 Å². The molecule has 1 fully saturated rings. The SMILES string of the molecule is CCNC(=NCCCc1ccc(Br)cc1F)NC1CCN(C(=O)C(C)C)C1.I. The third-order valence-electron chi connectivity index (χ3n) is 4.57. The summed E-state index contributed by atoms with van der Waals surface area (Å²) in [6.07, 6.45) is 2.35. The van der Waals surface area contributed by atoms with E-state index in [1.165, 1.54) is 6.07 Å². The minimum Gasteiger partial charge on any atom is -0.357 e. The van der Waals surface area contributed by atoms with Gasteiger partial charge in [0.2, 0.25) is 5.91 Å². The molecule has 1 saturated heterocycles. The number of guanidine groups is 1. The topological polar surface area (TPSA) is 56.7 Å². The summed E-state index contributed by atoms with van der Waals surface area (Å²) in [5, 5.41) is 6.67. The Hall–Kier alpha value is -0.900. The summed E-state index contributed by atoms with van der Waals surface area (Å²) in [6.45, 7) is 8.78. The van der Waals surface area contributed by atoms with Gasteiger partial charge in [-0.3, -0.25) is 9.79 Å². The van der Waals surface area contributed by atoms with Crippen molar-refractivity contribution in [3.63, 3.8) is 0 Å². The molecule has 1 aromatic carbocycles. The van der Waals surface area contributed by atoms with Crippen LogP contribution in [0.1, 0.15) is 39.2 Å². The first-order chi connectivity index (χ1) is 12.9. The van der Waals surface area contributed by atoms with Gasteiger partial charge in [0, 0.05) is 42.6 Å². The highest BCUT2D eigenvalue weighted by molar-refractivity contribution is 14.0. The number of nitrogens with zero attached hydrogens (tertiary/aromatic N) is 2. The van der Waals surface area contributed by atoms with Crippen LogP contribution in [0, 0.1) is 11.7 Å². The fourth-order valence-corrected chi connectivity index (χ4v) is 3.47. The molecule has 158 valence electrons. The van der Waals surface area contributed by atoms with Crippen molar-refractivity contribution in [2.45, 2.75) is 46.1 Å². The zero-order valence-corrected chi connectivity index (χ0v) is 20.7. The van der Waals surface area contributed by atoms with E-state index in [9.17, 15) is 9.18 Å². The third-order valence-corrected chi connectivity index (χ3v) is 5.06. The fraction of sp³-hybridized carbons (Fsp3) is 0.600. The Morgan fingerprint density at radius 2 is 2.18 bits per heavy atom. The number of aliphatic imine (C=N–C) groups is 1. The van der Waals surface area contributed by atoms with E-state index >= 15 is 0 Å². The molecule has 0 saturated carbocycles. The first kappa shape index (κ1) is 25.1. The lowest BCUT2D eigenvalue weighted by Gasteiger charge is -2.20. The quantitative estimate of drug-likeness (QED) is 0.227. The maximum atomic E-state index is 13.9. The van der Waals surface area contributed by atoms with Crippen molar-refractivity contribution in [3.05, 3.63) is 34.1 Å². The Bertz CT molecular complexity index is 672. The number of hydrogen-bond acceptors (Lipinski definition) is 2. The van der Waals surface area contributed by atoms with E-state index in [0.29, 0.717) is 25.1 Å². The number of likely N-dealkylation sites (tertiary alicyclic amines) is 1. The van der Waals surface area contributed by atoms with Gasteiger partial charge >= 0.3 is 0 Å². The number of halogens is 3. The highest BCUT2D eigenvalue weighted by atomic mass is 127. The van der Waals surface area contributed by atoms with E-state index in [2.05, 4.69) is 31.6 Å². The van der Waals surface area contributed by atoms with Crippen LogP contribution in [-0.4, -0.2) is 49.0 Å². The van der Waals surface area contributed by atoms with Crippen LogP contribution in [0.15, 0.2) is 27.7 Å². The molecule has 2 N–H and O–H groups in total. The molecule has 5 nitrogen and oxygen atoms in total. The maximum Gasteiger partial charge on any atom is 0.225 e. The van der Waals surface area contributed by atoms with Crippen LogP contribution in [0.5, 0.6) is 0 Å². The number of hydrogen-bond donors (Lipinski definition) is 2. The molecule has 1 atom stereocenters. The van der Waals surface area contributed by atoms with E-state index in [1.807, 2.05) is 37.8 Å². The number of carbonyl (C=O) groups excluding carboxylic acids is 1. The monoisotopic (exact) mass is 568 g/mol. The highest BCUT2D eigenvalue weighted by Gasteiger charge is 2.27. The molecular weight excluding hydrogens is 538 g/mol. The zero-order valence-electron chi connectivity index (χ0n) is 16.8. The van der Waals surface area contributed by atoms with Gasteiger partial charge in [0.05, 0.1) is 0 Å². The lowest BCUT2D eigenvalue weighted by molar-refractivity contribution is -0.133. The first-order valence-corrected chi connectivity index (χ1v) is 10.5. The smallest absolute Gasteiger partial charge is 0.225 e. The van der Waals surface area contributed by atoms with E-state index in [-0.39, 0.29) is 47.7 Å². The summed E-state index contributed by atoms with van der Waals surface area (Å²) in [4.78, 5) is 18.6. The van der Waals surface area contributed by atoms with Gasteiger partial charge in [-0.05, 0) is 43.9 Å². The van der Waals surface area contributed by atoms with Crippen LogP contribution in [0.25, 0.3) is 0 Å². The summed E-state index contributed by atoms with van der Waals surface area (Å²) < 4.78 is 14.6. The standard InChI is InChI=1S/C20H30BrFN4O.HI/c1-4-23-20(25-17-9-11-26(13-17)19(27)14(2)3)24-10-5-6-15-7-8-16(21)12-18(15)22;/h7-8,12,14,17H,4-6,9-11,13H2,1-3H3,(H2,23,24,25);1H. The Balaban J connectivity index is 0.00000392. The first-order valence-electron chi connectivity index (χ1n) is 9.68. The lowest BCUT2D eigenvalue weighted by atomic mass is 10.1. The predicted molar refractivity (Wildman–Crippen MR) is 127 cm³/mol. The molecule has 0 spiro atoms. The van der Waals surface area contributed by atoms with Crippen LogP contribution in [0.3, 0.4) is 0 Å². The van der Waals surface area contributed by atoms with Gasteiger partial charge in [0.15, 0.2) is 5.96 Å². The summed E-state index contributed by atoms with van der Waals surface area (Å²) >= 11 is 3.27. The van der Waals surface area contributed by atoms with Crippen molar-refractivity contribution in [1.82, 2.24) is 15.5 Å². The molecule has 0 bridgehead atoms. The minimum atomic E-state index is -0.181. The fourth-order valence-electron chi connectivity index (χ4n) is 3.14. The van der Waals surface area contributed by atoms with Gasteiger partial charge in [-0.25, -0.2) is 4.39 Å². The Morgan fingerprint density at radius 3 is 2.82 bits per heavy atom. The molecule has 1 aliphatic rings. The van der Waals surface area contributed by atoms with Crippen molar-refractivity contribution in [2.24, 2.45) is 10.9 Å². The second-order valence-corrected chi connectivity index (χ2v) is 8.08. The van der Waals surface area contributed by atoms with E-state index in [0.717, 1.165) is 36.4 Å². The molecule has 1 amide bonds. The molecule has 8 heteroatoms. The minimum absolute atomic E-state index is 0. The number of aryl methyl sites for hydroxylation is 1. The second kappa shape index (κ2) is 12.6. The normalized spacial score (nSPS) is 16.9. The van der Waals surface area contributed by atoms with Crippen LogP contribution in [0.2, 0.25) is 0 Å². The van der Waals surface area contributed by atoms with Gasteiger partial charge in [-0.2, -0.15) is 0 Å². The van der Waals surface area contributed by atoms with Crippen LogP contribution in [0.4, 0.5) is 4.39 Å². The Kier molecular flexibility index (Phi) is 11.3. The van der Waals surface area contributed by atoms with Crippen molar-refractivity contribution in [2.75, 3.05) is 26.2 Å². The largest absolute Gasteiger partial charge is 0.357 e. The van der Waals surface area contributed by atoms with Gasteiger partial charge in [-0.1, -0.05) is 35.8 Å². The summed E-state index contributed by atoms with van der Waals surface area (Å²) in [7, 11) is 0. The van der Waals surface area contributed by atoms with Crippen LogP contribution >= 0.6 is 39.9 Å². The molecule has 1 aliphatic heterocycles. The average Bonchev–Trinajstić information content (AvgIpc) is 3.08. The van der Waals surface area contributed by atoms with Gasteiger partial charge < -0.3 is 15.5 Å². The lowest BCUT2D eigenvalue weighted by Crippen LogP contribution is -2.45. The number of nitrogens with one attached hydrogen (secondary N) is 2. The predicted octanol–water partition coefficient (Wildman–Crippen LogP) is 3.95. The molecule has 0 aliphatic carbocycles. The number of benzene rings is 1. The molecular formula is C20H31BrFIN4O. The van der Waals surface area contributed by atoms with Crippen LogP contribution in [-0.2, 0) is 11.2 Å². The van der Waals surface area contributed by atoms with Crippen molar-refractivity contribution in [3.8, 4) is 0 Å². The maximum absolute atomic E-state index is 13.9. The number of amides is 1. The summed E-state index contributed by atoms with van der Waals surface area (Å²) in [5.74, 6) is 0.819. The van der Waals surface area contributed by atoms with E-state index in [4.69, 9.17) is 0 Å². The van der Waals surface area contributed by atoms with Crippen molar-refractivity contribution >= 4 is 51.8 Å².